The standard InChI is InChI=1S/C10H13NO/c11-9-3-1-8-6-10(12)4-2-7(8)5-9/h2,4,6,9,12H,1,3,5,11H2/t9-/m1/s1. The average Bonchev–Trinajstić information content (AvgIpc) is 2.05. The molecule has 0 amide bonds. The predicted molar refractivity (Wildman–Crippen MR) is 48.1 cm³/mol. The van der Waals surface area contributed by atoms with E-state index in [1.165, 1.54) is 11.1 Å². The summed E-state index contributed by atoms with van der Waals surface area (Å²) in [5.74, 6) is 0.365. The van der Waals surface area contributed by atoms with E-state index in [9.17, 15) is 5.11 Å². The maximum Gasteiger partial charge on any atom is 0.115 e. The molecule has 0 heterocycles. The summed E-state index contributed by atoms with van der Waals surface area (Å²) >= 11 is 0. The van der Waals surface area contributed by atoms with E-state index in [0.29, 0.717) is 11.8 Å². The first kappa shape index (κ1) is 7.62. The van der Waals surface area contributed by atoms with E-state index in [0.717, 1.165) is 19.3 Å². The Hall–Kier alpha value is -1.02. The maximum atomic E-state index is 9.22. The summed E-state index contributed by atoms with van der Waals surface area (Å²) in [5, 5.41) is 9.22. The van der Waals surface area contributed by atoms with Crippen LogP contribution >= 0.6 is 0 Å². The van der Waals surface area contributed by atoms with Gasteiger partial charge in [-0.25, -0.2) is 0 Å². The van der Waals surface area contributed by atoms with Crippen LogP contribution in [0, 0.1) is 0 Å². The van der Waals surface area contributed by atoms with Gasteiger partial charge in [-0.3, -0.25) is 0 Å². The van der Waals surface area contributed by atoms with E-state index >= 15 is 0 Å². The number of aryl methyl sites for hydroxylation is 1. The molecule has 1 atom stereocenters. The van der Waals surface area contributed by atoms with Crippen molar-refractivity contribution < 1.29 is 5.11 Å². The fourth-order valence-corrected chi connectivity index (χ4v) is 1.77. The van der Waals surface area contributed by atoms with Crippen LogP contribution in [0.25, 0.3) is 0 Å². The van der Waals surface area contributed by atoms with Crippen molar-refractivity contribution in [3.63, 3.8) is 0 Å². The molecular weight excluding hydrogens is 150 g/mol. The highest BCUT2D eigenvalue weighted by Crippen LogP contribution is 2.23. The predicted octanol–water partition coefficient (Wildman–Crippen LogP) is 1.21. The topological polar surface area (TPSA) is 46.2 Å². The second-order valence-corrected chi connectivity index (χ2v) is 3.46. The molecule has 0 fully saturated rings. The van der Waals surface area contributed by atoms with E-state index in [2.05, 4.69) is 0 Å². The van der Waals surface area contributed by atoms with Gasteiger partial charge < -0.3 is 10.8 Å². The first-order valence-corrected chi connectivity index (χ1v) is 4.32. The molecule has 2 nitrogen and oxygen atoms in total. The Balaban J connectivity index is 2.37. The zero-order valence-electron chi connectivity index (χ0n) is 6.96. The molecule has 1 aromatic rings. The van der Waals surface area contributed by atoms with Gasteiger partial charge >= 0.3 is 0 Å². The Morgan fingerprint density at radius 3 is 3.00 bits per heavy atom. The smallest absolute Gasteiger partial charge is 0.115 e. The van der Waals surface area contributed by atoms with Crippen molar-refractivity contribution >= 4 is 0 Å². The van der Waals surface area contributed by atoms with Crippen LogP contribution in [-0.2, 0) is 12.8 Å². The Morgan fingerprint density at radius 2 is 2.17 bits per heavy atom. The molecule has 64 valence electrons. The highest BCUT2D eigenvalue weighted by Gasteiger charge is 2.14. The second kappa shape index (κ2) is 2.79. The van der Waals surface area contributed by atoms with Gasteiger partial charge in [0.25, 0.3) is 0 Å². The minimum Gasteiger partial charge on any atom is -0.508 e. The Morgan fingerprint density at radius 1 is 1.33 bits per heavy atom. The number of aromatic hydroxyl groups is 1. The third-order valence-electron chi connectivity index (χ3n) is 2.46. The van der Waals surface area contributed by atoms with Gasteiger partial charge in [-0.15, -0.1) is 0 Å². The number of benzene rings is 1. The fraction of sp³-hybridized carbons (Fsp3) is 0.400. The molecule has 0 saturated carbocycles. The largest absolute Gasteiger partial charge is 0.508 e. The zero-order valence-corrected chi connectivity index (χ0v) is 6.96. The molecule has 0 saturated heterocycles. The SMILES string of the molecule is N[C@@H]1CCc2cc(O)ccc2C1. The van der Waals surface area contributed by atoms with Crippen molar-refractivity contribution in [3.05, 3.63) is 29.3 Å². The van der Waals surface area contributed by atoms with Crippen molar-refractivity contribution in [1.29, 1.82) is 0 Å². The Kier molecular flexibility index (Phi) is 1.77. The molecule has 1 aliphatic rings. The molecule has 1 aliphatic carbocycles. The van der Waals surface area contributed by atoms with E-state index in [-0.39, 0.29) is 0 Å². The maximum absolute atomic E-state index is 9.22. The van der Waals surface area contributed by atoms with E-state index in [4.69, 9.17) is 5.73 Å². The van der Waals surface area contributed by atoms with Gasteiger partial charge in [-0.1, -0.05) is 6.07 Å². The minimum atomic E-state index is 0.307. The van der Waals surface area contributed by atoms with Crippen molar-refractivity contribution in [2.45, 2.75) is 25.3 Å². The van der Waals surface area contributed by atoms with E-state index < -0.39 is 0 Å². The van der Waals surface area contributed by atoms with Gasteiger partial charge in [-0.05, 0) is 42.5 Å². The first-order chi connectivity index (χ1) is 5.75. The number of fused-ring (bicyclic) bond motifs is 1. The lowest BCUT2D eigenvalue weighted by Crippen LogP contribution is -2.27. The Labute approximate surface area is 72.0 Å². The van der Waals surface area contributed by atoms with Crippen LogP contribution in [0.3, 0.4) is 0 Å². The number of phenolic OH excluding ortho intramolecular Hbond substituents is 1. The summed E-state index contributed by atoms with van der Waals surface area (Å²) in [6, 6.07) is 5.86. The summed E-state index contributed by atoms with van der Waals surface area (Å²) in [5.41, 5.74) is 8.38. The van der Waals surface area contributed by atoms with Gasteiger partial charge in [-0.2, -0.15) is 0 Å². The van der Waals surface area contributed by atoms with E-state index in [1.807, 2.05) is 12.1 Å². The van der Waals surface area contributed by atoms with Crippen molar-refractivity contribution in [3.8, 4) is 5.75 Å². The molecule has 0 aliphatic heterocycles. The van der Waals surface area contributed by atoms with Crippen LogP contribution in [0.2, 0.25) is 0 Å². The van der Waals surface area contributed by atoms with Crippen molar-refractivity contribution in [1.82, 2.24) is 0 Å². The Bertz CT molecular complexity index is 296. The monoisotopic (exact) mass is 163 g/mol. The quantitative estimate of drug-likeness (QED) is 0.604. The number of rotatable bonds is 0. The third-order valence-corrected chi connectivity index (χ3v) is 2.46. The van der Waals surface area contributed by atoms with Gasteiger partial charge in [0, 0.05) is 6.04 Å². The first-order valence-electron chi connectivity index (χ1n) is 4.32. The molecule has 0 radical (unpaired) electrons. The summed E-state index contributed by atoms with van der Waals surface area (Å²) in [6.07, 6.45) is 3.00. The van der Waals surface area contributed by atoms with Crippen molar-refractivity contribution in [2.75, 3.05) is 0 Å². The van der Waals surface area contributed by atoms with Crippen LogP contribution < -0.4 is 5.73 Å². The average molecular weight is 163 g/mol. The van der Waals surface area contributed by atoms with Gasteiger partial charge in [0.05, 0.1) is 0 Å². The number of hydrogen-bond acceptors (Lipinski definition) is 2. The zero-order chi connectivity index (χ0) is 8.55. The molecule has 12 heavy (non-hydrogen) atoms. The summed E-state index contributed by atoms with van der Waals surface area (Å²) < 4.78 is 0. The number of hydrogen-bond donors (Lipinski definition) is 2. The molecular formula is C10H13NO. The van der Waals surface area contributed by atoms with Crippen LogP contribution in [-0.4, -0.2) is 11.1 Å². The lowest BCUT2D eigenvalue weighted by atomic mass is 9.89. The molecule has 0 spiro atoms. The second-order valence-electron chi connectivity index (χ2n) is 3.46. The fourth-order valence-electron chi connectivity index (χ4n) is 1.77. The van der Waals surface area contributed by atoms with Crippen molar-refractivity contribution in [2.24, 2.45) is 5.73 Å². The van der Waals surface area contributed by atoms with Gasteiger partial charge in [0.15, 0.2) is 0 Å². The highest BCUT2D eigenvalue weighted by atomic mass is 16.3. The molecule has 0 bridgehead atoms. The van der Waals surface area contributed by atoms with Gasteiger partial charge in [0.2, 0.25) is 0 Å². The number of phenols is 1. The summed E-state index contributed by atoms with van der Waals surface area (Å²) in [7, 11) is 0. The molecule has 2 rings (SSSR count). The summed E-state index contributed by atoms with van der Waals surface area (Å²) in [4.78, 5) is 0. The van der Waals surface area contributed by atoms with Gasteiger partial charge in [0.1, 0.15) is 5.75 Å². The third kappa shape index (κ3) is 1.30. The van der Waals surface area contributed by atoms with Crippen LogP contribution in [0.4, 0.5) is 0 Å². The molecule has 0 unspecified atom stereocenters. The van der Waals surface area contributed by atoms with Crippen LogP contribution in [0.5, 0.6) is 5.75 Å². The molecule has 2 heteroatoms. The van der Waals surface area contributed by atoms with E-state index in [1.54, 1.807) is 6.07 Å². The summed E-state index contributed by atoms with van der Waals surface area (Å²) in [6.45, 7) is 0. The number of nitrogens with two attached hydrogens (primary N) is 1. The lowest BCUT2D eigenvalue weighted by molar-refractivity contribution is 0.472. The van der Waals surface area contributed by atoms with Crippen LogP contribution in [0.1, 0.15) is 17.5 Å². The van der Waals surface area contributed by atoms with Crippen LogP contribution in [0.15, 0.2) is 18.2 Å². The lowest BCUT2D eigenvalue weighted by Gasteiger charge is -2.21. The normalized spacial score (nSPS) is 21.9. The molecule has 0 aromatic heterocycles. The molecule has 3 N–H and O–H groups in total. The highest BCUT2D eigenvalue weighted by molar-refractivity contribution is 5.36. The molecule has 1 aromatic carbocycles. The minimum absolute atomic E-state index is 0.307.